The molecule has 2 rings (SSSR count). The van der Waals surface area contributed by atoms with Gasteiger partial charge in [0, 0.05) is 25.1 Å². The number of anilines is 1. The Hall–Kier alpha value is -2.50. The second-order valence-corrected chi connectivity index (χ2v) is 3.80. The maximum absolute atomic E-state index is 11.3. The summed E-state index contributed by atoms with van der Waals surface area (Å²) in [6.07, 6.45) is 5.87. The first-order valence-electron chi connectivity index (χ1n) is 5.84. The Labute approximate surface area is 110 Å². The summed E-state index contributed by atoms with van der Waals surface area (Å²) in [5, 5.41) is 3.05. The molecule has 98 valence electrons. The number of nitrogens with one attached hydrogen (secondary N) is 1. The highest BCUT2D eigenvalue weighted by molar-refractivity contribution is 5.87. The fraction of sp³-hybridized carbons (Fsp3) is 0.231. The molecule has 0 aliphatic carbocycles. The van der Waals surface area contributed by atoms with Crippen LogP contribution in [0.25, 0.3) is 0 Å². The van der Waals surface area contributed by atoms with Crippen LogP contribution in [0.5, 0.6) is 0 Å². The van der Waals surface area contributed by atoms with Gasteiger partial charge in [-0.1, -0.05) is 6.07 Å². The highest BCUT2D eigenvalue weighted by Gasteiger charge is 2.07. The van der Waals surface area contributed by atoms with Crippen LogP contribution in [0.1, 0.15) is 16.1 Å². The highest BCUT2D eigenvalue weighted by Crippen LogP contribution is 2.03. The largest absolute Gasteiger partial charge is 0.464 e. The van der Waals surface area contributed by atoms with E-state index < -0.39 is 5.97 Å². The smallest absolute Gasteiger partial charge is 0.356 e. The van der Waals surface area contributed by atoms with Crippen molar-refractivity contribution in [2.24, 2.45) is 0 Å². The quantitative estimate of drug-likeness (QED) is 0.815. The number of hydrogen-bond acceptors (Lipinski definition) is 6. The Balaban J connectivity index is 1.91. The third kappa shape index (κ3) is 3.74. The number of aromatic nitrogens is 3. The Bertz CT molecular complexity index is 545. The van der Waals surface area contributed by atoms with E-state index in [0.717, 1.165) is 12.0 Å². The lowest BCUT2D eigenvalue weighted by Crippen LogP contribution is -2.11. The molecule has 2 aromatic heterocycles. The zero-order valence-corrected chi connectivity index (χ0v) is 10.5. The first-order chi connectivity index (χ1) is 9.29. The maximum Gasteiger partial charge on any atom is 0.356 e. The monoisotopic (exact) mass is 258 g/mol. The lowest BCUT2D eigenvalue weighted by molar-refractivity contribution is 0.0594. The van der Waals surface area contributed by atoms with E-state index in [-0.39, 0.29) is 5.69 Å². The normalized spacial score (nSPS) is 9.95. The van der Waals surface area contributed by atoms with Crippen LogP contribution < -0.4 is 5.32 Å². The van der Waals surface area contributed by atoms with E-state index in [0.29, 0.717) is 12.5 Å². The molecular weight excluding hydrogens is 244 g/mol. The number of carbonyl (C=O) groups excluding carboxylic acids is 1. The predicted molar refractivity (Wildman–Crippen MR) is 69.8 cm³/mol. The van der Waals surface area contributed by atoms with Gasteiger partial charge in [0.25, 0.3) is 0 Å². The van der Waals surface area contributed by atoms with Gasteiger partial charge in [-0.05, 0) is 24.1 Å². The molecule has 19 heavy (non-hydrogen) atoms. The minimum atomic E-state index is -0.474. The van der Waals surface area contributed by atoms with Crippen LogP contribution in [0, 0.1) is 0 Å². The van der Waals surface area contributed by atoms with Crippen molar-refractivity contribution >= 4 is 11.9 Å². The number of hydrogen-bond donors (Lipinski definition) is 1. The van der Waals surface area contributed by atoms with Crippen LogP contribution in [0.15, 0.2) is 36.8 Å². The maximum atomic E-state index is 11.3. The Morgan fingerprint density at radius 1 is 1.37 bits per heavy atom. The van der Waals surface area contributed by atoms with Crippen LogP contribution in [0.4, 0.5) is 5.95 Å². The summed E-state index contributed by atoms with van der Waals surface area (Å²) in [5.74, 6) is -0.0653. The number of ether oxygens (including phenoxy) is 1. The molecule has 0 spiro atoms. The Morgan fingerprint density at radius 3 is 3.00 bits per heavy atom. The molecule has 1 N–H and O–H groups in total. The van der Waals surface area contributed by atoms with E-state index in [9.17, 15) is 4.79 Å². The SMILES string of the molecule is COC(=O)c1ccnc(NCCc2cccnc2)n1. The summed E-state index contributed by atoms with van der Waals surface area (Å²) >= 11 is 0. The van der Waals surface area contributed by atoms with Crippen molar-refractivity contribution in [1.29, 1.82) is 0 Å². The van der Waals surface area contributed by atoms with E-state index in [1.54, 1.807) is 6.20 Å². The van der Waals surface area contributed by atoms with Crippen molar-refractivity contribution < 1.29 is 9.53 Å². The summed E-state index contributed by atoms with van der Waals surface area (Å²) in [6.45, 7) is 0.663. The van der Waals surface area contributed by atoms with Gasteiger partial charge >= 0.3 is 5.97 Å². The summed E-state index contributed by atoms with van der Waals surface area (Å²) in [5.41, 5.74) is 1.36. The number of rotatable bonds is 5. The molecule has 0 aliphatic rings. The number of carbonyl (C=O) groups is 1. The molecule has 0 aliphatic heterocycles. The van der Waals surface area contributed by atoms with E-state index in [1.165, 1.54) is 19.4 Å². The number of methoxy groups -OCH3 is 1. The predicted octanol–water partition coefficient (Wildman–Crippen LogP) is 1.31. The average molecular weight is 258 g/mol. The van der Waals surface area contributed by atoms with Gasteiger partial charge in [-0.3, -0.25) is 4.98 Å². The molecule has 6 nitrogen and oxygen atoms in total. The molecule has 0 unspecified atom stereocenters. The summed E-state index contributed by atoms with van der Waals surface area (Å²) in [4.78, 5) is 23.5. The van der Waals surface area contributed by atoms with Crippen LogP contribution in [-0.2, 0) is 11.2 Å². The molecule has 2 heterocycles. The molecular formula is C13H14N4O2. The van der Waals surface area contributed by atoms with Gasteiger partial charge in [0.05, 0.1) is 7.11 Å². The summed E-state index contributed by atoms with van der Waals surface area (Å²) < 4.78 is 4.60. The lowest BCUT2D eigenvalue weighted by Gasteiger charge is -2.05. The van der Waals surface area contributed by atoms with Crippen LogP contribution >= 0.6 is 0 Å². The molecule has 0 saturated carbocycles. The van der Waals surface area contributed by atoms with Gasteiger partial charge in [-0.15, -0.1) is 0 Å². The molecule has 0 aromatic carbocycles. The van der Waals surface area contributed by atoms with Crippen molar-refractivity contribution in [1.82, 2.24) is 15.0 Å². The van der Waals surface area contributed by atoms with Gasteiger partial charge in [-0.25, -0.2) is 14.8 Å². The molecule has 6 heteroatoms. The van der Waals surface area contributed by atoms with Gasteiger partial charge in [0.1, 0.15) is 0 Å². The minimum Gasteiger partial charge on any atom is -0.464 e. The Kier molecular flexibility index (Phi) is 4.39. The molecule has 0 radical (unpaired) electrons. The van der Waals surface area contributed by atoms with E-state index in [2.05, 4.69) is 25.0 Å². The topological polar surface area (TPSA) is 77.0 Å². The van der Waals surface area contributed by atoms with Gasteiger partial charge in [-0.2, -0.15) is 0 Å². The molecule has 0 amide bonds. The van der Waals surface area contributed by atoms with Gasteiger partial charge in [0.15, 0.2) is 5.69 Å². The first kappa shape index (κ1) is 12.9. The van der Waals surface area contributed by atoms with E-state index in [4.69, 9.17) is 0 Å². The van der Waals surface area contributed by atoms with Gasteiger partial charge in [0.2, 0.25) is 5.95 Å². The summed E-state index contributed by atoms with van der Waals surface area (Å²) in [7, 11) is 1.32. The second-order valence-electron chi connectivity index (χ2n) is 3.80. The zero-order valence-electron chi connectivity index (χ0n) is 10.5. The fourth-order valence-electron chi connectivity index (χ4n) is 1.53. The summed E-state index contributed by atoms with van der Waals surface area (Å²) in [6, 6.07) is 5.41. The average Bonchev–Trinajstić information content (AvgIpc) is 2.48. The van der Waals surface area contributed by atoms with Crippen molar-refractivity contribution in [2.75, 3.05) is 19.0 Å². The third-order valence-corrected chi connectivity index (χ3v) is 2.47. The lowest BCUT2D eigenvalue weighted by atomic mass is 10.2. The van der Waals surface area contributed by atoms with Crippen molar-refractivity contribution in [3.63, 3.8) is 0 Å². The fourth-order valence-corrected chi connectivity index (χ4v) is 1.53. The minimum absolute atomic E-state index is 0.237. The zero-order chi connectivity index (χ0) is 13.5. The van der Waals surface area contributed by atoms with Crippen molar-refractivity contribution in [3.8, 4) is 0 Å². The van der Waals surface area contributed by atoms with E-state index >= 15 is 0 Å². The van der Waals surface area contributed by atoms with Crippen LogP contribution in [0.3, 0.4) is 0 Å². The van der Waals surface area contributed by atoms with E-state index in [1.807, 2.05) is 18.3 Å². The molecule has 2 aromatic rings. The van der Waals surface area contributed by atoms with Crippen LogP contribution in [-0.4, -0.2) is 34.6 Å². The highest BCUT2D eigenvalue weighted by atomic mass is 16.5. The van der Waals surface area contributed by atoms with Gasteiger partial charge < -0.3 is 10.1 Å². The number of nitrogens with zero attached hydrogens (tertiary/aromatic N) is 3. The molecule has 0 bridgehead atoms. The molecule has 0 atom stereocenters. The Morgan fingerprint density at radius 2 is 2.26 bits per heavy atom. The molecule has 0 fully saturated rings. The number of esters is 1. The van der Waals surface area contributed by atoms with Crippen LogP contribution in [0.2, 0.25) is 0 Å². The third-order valence-electron chi connectivity index (χ3n) is 2.47. The first-order valence-corrected chi connectivity index (χ1v) is 5.84. The molecule has 0 saturated heterocycles. The number of pyridine rings is 1. The second kappa shape index (κ2) is 6.44. The van der Waals surface area contributed by atoms with Crippen molar-refractivity contribution in [2.45, 2.75) is 6.42 Å². The standard InChI is InChI=1S/C13H14N4O2/c1-19-12(18)11-5-8-16-13(17-11)15-7-4-10-3-2-6-14-9-10/h2-3,5-6,8-9H,4,7H2,1H3,(H,15,16,17). The van der Waals surface area contributed by atoms with Crippen molar-refractivity contribution in [3.05, 3.63) is 48.0 Å².